The summed E-state index contributed by atoms with van der Waals surface area (Å²) in [5.41, 5.74) is 0. The van der Waals surface area contributed by atoms with Gasteiger partial charge in [-0.1, -0.05) is 0 Å². The van der Waals surface area contributed by atoms with Gasteiger partial charge in [0.25, 0.3) is 0 Å². The fraction of sp³-hybridized carbons (Fsp3) is 0.714. The lowest BCUT2D eigenvalue weighted by molar-refractivity contribution is -0.118. The second-order valence-electron chi connectivity index (χ2n) is 2.17. The van der Waals surface area contributed by atoms with Crippen molar-refractivity contribution in [1.29, 1.82) is 0 Å². The van der Waals surface area contributed by atoms with Crippen LogP contribution >= 0.6 is 11.6 Å². The van der Waals surface area contributed by atoms with Crippen LogP contribution < -0.4 is 0 Å². The third kappa shape index (κ3) is 9.59. The van der Waals surface area contributed by atoms with Crippen molar-refractivity contribution in [3.63, 3.8) is 0 Å². The van der Waals surface area contributed by atoms with Crippen LogP contribution in [0.15, 0.2) is 0 Å². The highest BCUT2D eigenvalue weighted by molar-refractivity contribution is 6.63. The van der Waals surface area contributed by atoms with Crippen molar-refractivity contribution in [3.8, 4) is 0 Å². The summed E-state index contributed by atoms with van der Waals surface area (Å²) in [4.78, 5) is 20.5. The largest absolute Gasteiger partial charge is 0.380 e. The third-order valence-electron chi connectivity index (χ3n) is 1.04. The minimum atomic E-state index is -0.409. The van der Waals surface area contributed by atoms with E-state index in [1.807, 2.05) is 0 Å². The van der Waals surface area contributed by atoms with Gasteiger partial charge in [0.15, 0.2) is 0 Å². The smallest absolute Gasteiger partial charge is 0.223 e. The fourth-order valence-corrected chi connectivity index (χ4v) is 0.548. The van der Waals surface area contributed by atoms with Gasteiger partial charge < -0.3 is 4.74 Å². The Bertz CT molecular complexity index is 129. The lowest BCUT2D eigenvalue weighted by atomic mass is 10.3. The molecule has 0 rings (SSSR count). The molecular weight excluding hydrogens is 168 g/mol. The average molecular weight is 179 g/mol. The first kappa shape index (κ1) is 10.6. The summed E-state index contributed by atoms with van der Waals surface area (Å²) in [6.07, 6.45) is 0.607. The van der Waals surface area contributed by atoms with Crippen LogP contribution in [0.4, 0.5) is 0 Å². The summed E-state index contributed by atoms with van der Waals surface area (Å²) >= 11 is 5.03. The number of halogens is 1. The van der Waals surface area contributed by atoms with Gasteiger partial charge in [0.2, 0.25) is 5.24 Å². The number of rotatable bonds is 6. The van der Waals surface area contributed by atoms with Crippen LogP contribution in [0.25, 0.3) is 0 Å². The molecule has 0 fully saturated rings. The molecule has 3 nitrogen and oxygen atoms in total. The summed E-state index contributed by atoms with van der Waals surface area (Å²) < 4.78 is 4.93. The fourth-order valence-electron chi connectivity index (χ4n) is 0.470. The van der Waals surface area contributed by atoms with Gasteiger partial charge in [0, 0.05) is 12.8 Å². The van der Waals surface area contributed by atoms with Crippen molar-refractivity contribution in [2.45, 2.75) is 19.8 Å². The molecule has 0 aliphatic rings. The minimum Gasteiger partial charge on any atom is -0.380 e. The van der Waals surface area contributed by atoms with Gasteiger partial charge in [-0.05, 0) is 18.5 Å². The second kappa shape index (κ2) is 6.31. The Morgan fingerprint density at radius 3 is 2.27 bits per heavy atom. The van der Waals surface area contributed by atoms with E-state index >= 15 is 0 Å². The van der Waals surface area contributed by atoms with E-state index in [1.165, 1.54) is 6.92 Å². The van der Waals surface area contributed by atoms with E-state index in [4.69, 9.17) is 16.3 Å². The standard InChI is InChI=1S/C7H11ClO3/c1-6(9)2-4-11-5-3-7(8)10/h2-5H2,1H3. The Hall–Kier alpha value is -0.410. The highest BCUT2D eigenvalue weighted by atomic mass is 35.5. The van der Waals surface area contributed by atoms with Gasteiger partial charge in [-0.3, -0.25) is 9.59 Å². The number of ether oxygens (including phenoxy) is 1. The minimum absolute atomic E-state index is 0.0854. The molecule has 0 aromatic carbocycles. The lowest BCUT2D eigenvalue weighted by Gasteiger charge is -1.98. The summed E-state index contributed by atoms with van der Waals surface area (Å²) in [7, 11) is 0. The topological polar surface area (TPSA) is 43.4 Å². The number of carbonyl (C=O) groups excluding carboxylic acids is 2. The van der Waals surface area contributed by atoms with Crippen molar-refractivity contribution in [3.05, 3.63) is 0 Å². The van der Waals surface area contributed by atoms with Crippen molar-refractivity contribution in [2.24, 2.45) is 0 Å². The number of hydrogen-bond acceptors (Lipinski definition) is 3. The first-order valence-electron chi connectivity index (χ1n) is 3.38. The van der Waals surface area contributed by atoms with Gasteiger partial charge in [-0.15, -0.1) is 0 Å². The van der Waals surface area contributed by atoms with Gasteiger partial charge in [0.1, 0.15) is 5.78 Å². The normalized spacial score (nSPS) is 9.64. The molecule has 0 heterocycles. The highest BCUT2D eigenvalue weighted by Crippen LogP contribution is 1.91. The Labute approximate surface area is 70.7 Å². The maximum absolute atomic E-state index is 10.4. The molecule has 0 aromatic heterocycles. The molecule has 0 radical (unpaired) electrons. The predicted molar refractivity (Wildman–Crippen MR) is 41.6 cm³/mol. The zero-order valence-corrected chi connectivity index (χ0v) is 7.19. The molecule has 0 unspecified atom stereocenters. The van der Waals surface area contributed by atoms with E-state index in [2.05, 4.69) is 0 Å². The number of hydrogen-bond donors (Lipinski definition) is 0. The molecule has 0 bridgehead atoms. The van der Waals surface area contributed by atoms with Crippen molar-refractivity contribution >= 4 is 22.6 Å². The van der Waals surface area contributed by atoms with Crippen LogP contribution in [0.5, 0.6) is 0 Å². The van der Waals surface area contributed by atoms with Gasteiger partial charge >= 0.3 is 0 Å². The molecule has 0 aliphatic carbocycles. The van der Waals surface area contributed by atoms with Gasteiger partial charge in [-0.25, -0.2) is 0 Å². The first-order chi connectivity index (χ1) is 5.13. The van der Waals surface area contributed by atoms with Crippen LogP contribution in [0.3, 0.4) is 0 Å². The zero-order valence-electron chi connectivity index (χ0n) is 6.43. The number of ketones is 1. The van der Waals surface area contributed by atoms with E-state index in [0.29, 0.717) is 19.6 Å². The summed E-state index contributed by atoms with van der Waals surface area (Å²) in [5, 5.41) is -0.409. The molecule has 0 amide bonds. The molecule has 0 aliphatic heterocycles. The molecule has 0 aromatic rings. The second-order valence-corrected chi connectivity index (χ2v) is 2.59. The van der Waals surface area contributed by atoms with E-state index in [-0.39, 0.29) is 12.2 Å². The van der Waals surface area contributed by atoms with Gasteiger partial charge in [0.05, 0.1) is 13.2 Å². The van der Waals surface area contributed by atoms with E-state index in [1.54, 1.807) is 0 Å². The van der Waals surface area contributed by atoms with E-state index in [9.17, 15) is 9.59 Å². The van der Waals surface area contributed by atoms with Crippen molar-refractivity contribution in [2.75, 3.05) is 13.2 Å². The molecule has 4 heteroatoms. The molecule has 0 saturated carbocycles. The monoisotopic (exact) mass is 178 g/mol. The molecule has 0 saturated heterocycles. The van der Waals surface area contributed by atoms with Gasteiger partial charge in [-0.2, -0.15) is 0 Å². The maximum atomic E-state index is 10.4. The van der Waals surface area contributed by atoms with Crippen LogP contribution in [0.1, 0.15) is 19.8 Å². The summed E-state index contributed by atoms with van der Waals surface area (Å²) in [6, 6.07) is 0. The molecule has 11 heavy (non-hydrogen) atoms. The van der Waals surface area contributed by atoms with Crippen LogP contribution in [0.2, 0.25) is 0 Å². The predicted octanol–water partition coefficient (Wildman–Crippen LogP) is 1.14. The maximum Gasteiger partial charge on any atom is 0.223 e. The first-order valence-corrected chi connectivity index (χ1v) is 3.76. The number of Topliss-reactive ketones (excluding diaryl/α,β-unsaturated/α-hetero) is 1. The zero-order chi connectivity index (χ0) is 8.69. The average Bonchev–Trinajstić information content (AvgIpc) is 1.85. The van der Waals surface area contributed by atoms with Crippen molar-refractivity contribution in [1.82, 2.24) is 0 Å². The molecule has 0 atom stereocenters. The molecule has 0 N–H and O–H groups in total. The summed E-state index contributed by atoms with van der Waals surface area (Å²) in [6.45, 7) is 2.17. The molecular formula is C7H11ClO3. The Morgan fingerprint density at radius 2 is 1.82 bits per heavy atom. The Kier molecular flexibility index (Phi) is 6.07. The summed E-state index contributed by atoms with van der Waals surface area (Å²) in [5.74, 6) is 0.0854. The van der Waals surface area contributed by atoms with E-state index in [0.717, 1.165) is 0 Å². The molecule has 0 spiro atoms. The molecule has 64 valence electrons. The van der Waals surface area contributed by atoms with Crippen LogP contribution in [-0.4, -0.2) is 24.2 Å². The van der Waals surface area contributed by atoms with Crippen molar-refractivity contribution < 1.29 is 14.3 Å². The SMILES string of the molecule is CC(=O)CCOCCC(=O)Cl. The Morgan fingerprint density at radius 1 is 1.27 bits per heavy atom. The van der Waals surface area contributed by atoms with E-state index < -0.39 is 5.24 Å². The quantitative estimate of drug-likeness (QED) is 0.453. The van der Waals surface area contributed by atoms with Crippen LogP contribution in [-0.2, 0) is 14.3 Å². The third-order valence-corrected chi connectivity index (χ3v) is 1.23. The lowest BCUT2D eigenvalue weighted by Crippen LogP contribution is -2.03. The number of carbonyl (C=O) groups is 2. The highest BCUT2D eigenvalue weighted by Gasteiger charge is 1.96. The van der Waals surface area contributed by atoms with Crippen LogP contribution in [0, 0.1) is 0 Å². The Balaban J connectivity index is 3.03.